The zero-order valence-corrected chi connectivity index (χ0v) is 19.6. The monoisotopic (exact) mass is 432 g/mol. The van der Waals surface area contributed by atoms with E-state index in [-0.39, 0.29) is 21.8 Å². The van der Waals surface area contributed by atoms with Crippen molar-refractivity contribution in [2.75, 3.05) is 11.9 Å². The van der Waals surface area contributed by atoms with Gasteiger partial charge in [-0.25, -0.2) is 17.8 Å². The minimum atomic E-state index is -3.49. The van der Waals surface area contributed by atoms with Gasteiger partial charge in [0.05, 0.1) is 16.1 Å². The molecule has 0 aliphatic carbocycles. The molecule has 0 aliphatic rings. The molecule has 7 nitrogen and oxygen atoms in total. The summed E-state index contributed by atoms with van der Waals surface area (Å²) in [6.45, 7) is 14.4. The summed E-state index contributed by atoms with van der Waals surface area (Å²) in [7, 11) is -3.49. The Balaban J connectivity index is 2.18. The molecule has 0 saturated heterocycles. The van der Waals surface area contributed by atoms with E-state index in [0.717, 1.165) is 11.3 Å². The number of anilines is 1. The number of benzene rings is 1. The van der Waals surface area contributed by atoms with Crippen LogP contribution in [0.3, 0.4) is 0 Å². The first kappa shape index (κ1) is 23.8. The molecule has 0 unspecified atom stereocenters. The predicted octanol–water partition coefficient (Wildman–Crippen LogP) is 3.89. The number of sulfonamides is 1. The van der Waals surface area contributed by atoms with Crippen molar-refractivity contribution in [2.45, 2.75) is 64.3 Å². The summed E-state index contributed by atoms with van der Waals surface area (Å²) in [4.78, 5) is 12.7. The molecular weight excluding hydrogens is 400 g/mol. The van der Waals surface area contributed by atoms with Crippen molar-refractivity contribution in [3.63, 3.8) is 0 Å². The molecule has 1 heterocycles. The molecule has 0 radical (unpaired) electrons. The number of hydrogen-bond acceptors (Lipinski definition) is 4. The SMILES string of the molecule is CCNS(=O)(=O)c1ccc(/C=C/C(=O)Nc2cc(C(C)(C)C)nn2C(C)(C)C)cc1. The molecule has 2 N–H and O–H groups in total. The smallest absolute Gasteiger partial charge is 0.249 e. The number of amides is 1. The molecule has 1 amide bonds. The summed E-state index contributed by atoms with van der Waals surface area (Å²) in [5, 5.41) is 7.59. The third kappa shape index (κ3) is 6.03. The highest BCUT2D eigenvalue weighted by molar-refractivity contribution is 7.89. The van der Waals surface area contributed by atoms with Gasteiger partial charge in [0.25, 0.3) is 0 Å². The molecule has 30 heavy (non-hydrogen) atoms. The number of aromatic nitrogens is 2. The van der Waals surface area contributed by atoms with Crippen molar-refractivity contribution in [3.8, 4) is 0 Å². The first-order valence-electron chi connectivity index (χ1n) is 9.94. The van der Waals surface area contributed by atoms with Crippen LogP contribution in [0.25, 0.3) is 6.08 Å². The molecule has 8 heteroatoms. The average Bonchev–Trinajstić information content (AvgIpc) is 3.05. The highest BCUT2D eigenvalue weighted by Crippen LogP contribution is 2.28. The van der Waals surface area contributed by atoms with Crippen molar-refractivity contribution in [1.29, 1.82) is 0 Å². The van der Waals surface area contributed by atoms with Crippen LogP contribution in [-0.4, -0.2) is 30.7 Å². The van der Waals surface area contributed by atoms with Crippen molar-refractivity contribution >= 4 is 27.8 Å². The van der Waals surface area contributed by atoms with Gasteiger partial charge >= 0.3 is 0 Å². The van der Waals surface area contributed by atoms with Crippen LogP contribution in [0.2, 0.25) is 0 Å². The Morgan fingerprint density at radius 3 is 2.20 bits per heavy atom. The average molecular weight is 433 g/mol. The summed E-state index contributed by atoms with van der Waals surface area (Å²) in [6.07, 6.45) is 3.06. The van der Waals surface area contributed by atoms with Gasteiger partial charge in [-0.05, 0) is 44.5 Å². The van der Waals surface area contributed by atoms with Crippen molar-refractivity contribution in [2.24, 2.45) is 0 Å². The highest BCUT2D eigenvalue weighted by Gasteiger charge is 2.25. The number of nitrogens with zero attached hydrogens (tertiary/aromatic N) is 2. The number of nitrogens with one attached hydrogen (secondary N) is 2. The normalized spacial score (nSPS) is 13.0. The second-order valence-electron chi connectivity index (χ2n) is 9.14. The van der Waals surface area contributed by atoms with Crippen LogP contribution < -0.4 is 10.0 Å². The Hall–Kier alpha value is -2.45. The Bertz CT molecular complexity index is 1020. The van der Waals surface area contributed by atoms with Crippen LogP contribution in [0.4, 0.5) is 5.82 Å². The number of hydrogen-bond donors (Lipinski definition) is 2. The highest BCUT2D eigenvalue weighted by atomic mass is 32.2. The fourth-order valence-corrected chi connectivity index (χ4v) is 3.76. The maximum absolute atomic E-state index is 12.5. The first-order chi connectivity index (χ1) is 13.7. The number of carbonyl (C=O) groups excluding carboxylic acids is 1. The Morgan fingerprint density at radius 1 is 1.10 bits per heavy atom. The lowest BCUT2D eigenvalue weighted by molar-refractivity contribution is -0.111. The lowest BCUT2D eigenvalue weighted by Gasteiger charge is -2.22. The summed E-state index contributed by atoms with van der Waals surface area (Å²) in [5.74, 6) is 0.347. The van der Waals surface area contributed by atoms with Crippen LogP contribution in [-0.2, 0) is 25.8 Å². The van der Waals surface area contributed by atoms with E-state index in [2.05, 4.69) is 35.9 Å². The second kappa shape index (κ2) is 8.73. The lowest BCUT2D eigenvalue weighted by atomic mass is 9.92. The maximum Gasteiger partial charge on any atom is 0.249 e. The van der Waals surface area contributed by atoms with Gasteiger partial charge in [-0.15, -0.1) is 0 Å². The van der Waals surface area contributed by atoms with Crippen LogP contribution in [0, 0.1) is 0 Å². The van der Waals surface area contributed by atoms with E-state index < -0.39 is 10.0 Å². The van der Waals surface area contributed by atoms with Crippen LogP contribution >= 0.6 is 0 Å². The lowest BCUT2D eigenvalue weighted by Crippen LogP contribution is -2.27. The summed E-state index contributed by atoms with van der Waals surface area (Å²) in [5.41, 5.74) is 1.19. The summed E-state index contributed by atoms with van der Waals surface area (Å²) < 4.78 is 28.3. The van der Waals surface area contributed by atoms with Gasteiger partial charge in [0.2, 0.25) is 15.9 Å². The van der Waals surface area contributed by atoms with E-state index in [0.29, 0.717) is 12.4 Å². The molecule has 0 aliphatic heterocycles. The molecule has 0 spiro atoms. The van der Waals surface area contributed by atoms with E-state index in [1.54, 1.807) is 25.1 Å². The molecule has 0 fully saturated rings. The van der Waals surface area contributed by atoms with Gasteiger partial charge in [0.15, 0.2) is 0 Å². The standard InChI is InChI=1S/C22H32N4O3S/c1-8-23-30(28,29)17-12-9-16(10-13-17)11-14-20(27)24-19-15-18(21(2,3)4)25-26(19)22(5,6)7/h9-15,23H,8H2,1-7H3,(H,24,27)/b14-11+. The molecule has 2 rings (SSSR count). The van der Waals surface area contributed by atoms with Gasteiger partial charge in [-0.3, -0.25) is 4.79 Å². The zero-order chi connectivity index (χ0) is 22.7. The van der Waals surface area contributed by atoms with Crippen molar-refractivity contribution in [3.05, 3.63) is 47.7 Å². The van der Waals surface area contributed by atoms with Crippen molar-refractivity contribution < 1.29 is 13.2 Å². The molecule has 2 aromatic rings. The molecule has 0 saturated carbocycles. The Labute approximate surface area is 179 Å². The van der Waals surface area contributed by atoms with E-state index in [4.69, 9.17) is 0 Å². The quantitative estimate of drug-likeness (QED) is 0.678. The van der Waals surface area contributed by atoms with Crippen LogP contribution in [0.15, 0.2) is 41.3 Å². The Kier molecular flexibility index (Phi) is 6.94. The van der Waals surface area contributed by atoms with Gasteiger partial charge in [0.1, 0.15) is 5.82 Å². The minimum Gasteiger partial charge on any atom is -0.307 e. The van der Waals surface area contributed by atoms with Gasteiger partial charge in [0, 0.05) is 24.1 Å². The molecule has 1 aromatic carbocycles. The maximum atomic E-state index is 12.5. The van der Waals surface area contributed by atoms with E-state index >= 15 is 0 Å². The first-order valence-corrected chi connectivity index (χ1v) is 11.4. The zero-order valence-electron chi connectivity index (χ0n) is 18.8. The fraction of sp³-hybridized carbons (Fsp3) is 0.455. The Morgan fingerprint density at radius 2 is 1.70 bits per heavy atom. The van der Waals surface area contributed by atoms with Gasteiger partial charge in [-0.1, -0.05) is 39.8 Å². The van der Waals surface area contributed by atoms with Gasteiger partial charge < -0.3 is 5.32 Å². The minimum absolute atomic E-state index is 0.138. The molecule has 0 atom stereocenters. The predicted molar refractivity (Wildman–Crippen MR) is 121 cm³/mol. The van der Waals surface area contributed by atoms with E-state index in [1.165, 1.54) is 18.2 Å². The molecule has 1 aromatic heterocycles. The summed E-state index contributed by atoms with van der Waals surface area (Å²) >= 11 is 0. The van der Waals surface area contributed by atoms with E-state index in [9.17, 15) is 13.2 Å². The number of carbonyl (C=O) groups is 1. The fourth-order valence-electron chi connectivity index (χ4n) is 2.72. The largest absolute Gasteiger partial charge is 0.307 e. The second-order valence-corrected chi connectivity index (χ2v) is 10.9. The number of rotatable bonds is 6. The summed E-state index contributed by atoms with van der Waals surface area (Å²) in [6, 6.07) is 8.24. The third-order valence-electron chi connectivity index (χ3n) is 4.32. The van der Waals surface area contributed by atoms with Crippen LogP contribution in [0.5, 0.6) is 0 Å². The topological polar surface area (TPSA) is 93.1 Å². The molecule has 0 bridgehead atoms. The van der Waals surface area contributed by atoms with Crippen molar-refractivity contribution in [1.82, 2.24) is 14.5 Å². The third-order valence-corrected chi connectivity index (χ3v) is 5.88. The van der Waals surface area contributed by atoms with Crippen LogP contribution in [0.1, 0.15) is 59.7 Å². The van der Waals surface area contributed by atoms with Gasteiger partial charge in [-0.2, -0.15) is 5.10 Å². The molecular formula is C22H32N4O3S. The molecule has 164 valence electrons. The van der Waals surface area contributed by atoms with E-state index in [1.807, 2.05) is 31.5 Å².